The van der Waals surface area contributed by atoms with Gasteiger partial charge in [0.2, 0.25) is 0 Å². The van der Waals surface area contributed by atoms with Crippen molar-refractivity contribution in [3.63, 3.8) is 0 Å². The fourth-order valence-electron chi connectivity index (χ4n) is 2.10. The molecule has 1 heterocycles. The van der Waals surface area contributed by atoms with Gasteiger partial charge in [-0.3, -0.25) is 0 Å². The van der Waals surface area contributed by atoms with E-state index in [1.54, 1.807) is 0 Å². The van der Waals surface area contributed by atoms with E-state index in [0.717, 1.165) is 11.8 Å². The van der Waals surface area contributed by atoms with Crippen molar-refractivity contribution in [1.29, 1.82) is 0 Å². The van der Waals surface area contributed by atoms with E-state index < -0.39 is 0 Å². The topological polar surface area (TPSA) is 12.0 Å². The van der Waals surface area contributed by atoms with Crippen LogP contribution in [0.3, 0.4) is 0 Å². The maximum atomic E-state index is 3.75. The minimum atomic E-state index is 0.410. The van der Waals surface area contributed by atoms with Gasteiger partial charge in [0, 0.05) is 5.54 Å². The van der Waals surface area contributed by atoms with E-state index in [4.69, 9.17) is 0 Å². The first-order valence-electron chi connectivity index (χ1n) is 5.51. The molecule has 1 saturated carbocycles. The Balaban J connectivity index is 1.70. The molecule has 0 bridgehead atoms. The standard InChI is InChI=1S/C11H21NS/c1-11(2,10-3-4-10)12-7-9-5-6-13-8-9/h9-10,12H,3-8H2,1-2H3. The second-order valence-electron chi connectivity index (χ2n) is 5.11. The van der Waals surface area contributed by atoms with Crippen molar-refractivity contribution in [2.24, 2.45) is 11.8 Å². The molecular formula is C11H21NS. The van der Waals surface area contributed by atoms with Crippen molar-refractivity contribution in [1.82, 2.24) is 5.32 Å². The Kier molecular flexibility index (Phi) is 2.89. The third kappa shape index (κ3) is 2.63. The summed E-state index contributed by atoms with van der Waals surface area (Å²) in [5.41, 5.74) is 0.410. The van der Waals surface area contributed by atoms with E-state index in [2.05, 4.69) is 30.9 Å². The molecule has 2 rings (SSSR count). The third-order valence-corrected chi connectivity index (χ3v) is 4.70. The Bertz CT molecular complexity index is 169. The van der Waals surface area contributed by atoms with Crippen molar-refractivity contribution < 1.29 is 0 Å². The highest BCUT2D eigenvalue weighted by Gasteiger charge is 2.37. The first-order valence-corrected chi connectivity index (χ1v) is 6.67. The molecule has 1 nitrogen and oxygen atoms in total. The Hall–Kier alpha value is 0.310. The van der Waals surface area contributed by atoms with Gasteiger partial charge in [0.15, 0.2) is 0 Å². The van der Waals surface area contributed by atoms with Crippen molar-refractivity contribution >= 4 is 11.8 Å². The van der Waals surface area contributed by atoms with E-state index in [-0.39, 0.29) is 0 Å². The van der Waals surface area contributed by atoms with Gasteiger partial charge >= 0.3 is 0 Å². The number of rotatable bonds is 4. The monoisotopic (exact) mass is 199 g/mol. The fraction of sp³-hybridized carbons (Fsp3) is 1.00. The molecule has 1 atom stereocenters. The van der Waals surface area contributed by atoms with Crippen LogP contribution in [-0.4, -0.2) is 23.6 Å². The largest absolute Gasteiger partial charge is 0.311 e. The lowest BCUT2D eigenvalue weighted by molar-refractivity contribution is 0.319. The van der Waals surface area contributed by atoms with Gasteiger partial charge in [-0.15, -0.1) is 0 Å². The molecule has 76 valence electrons. The smallest absolute Gasteiger partial charge is 0.0153 e. The van der Waals surface area contributed by atoms with Crippen LogP contribution in [0.2, 0.25) is 0 Å². The molecular weight excluding hydrogens is 178 g/mol. The fourth-order valence-corrected chi connectivity index (χ4v) is 3.39. The zero-order valence-electron chi connectivity index (χ0n) is 8.81. The van der Waals surface area contributed by atoms with E-state index in [0.29, 0.717) is 5.54 Å². The van der Waals surface area contributed by atoms with Gasteiger partial charge in [-0.1, -0.05) is 0 Å². The maximum Gasteiger partial charge on any atom is 0.0153 e. The van der Waals surface area contributed by atoms with E-state index in [9.17, 15) is 0 Å². The van der Waals surface area contributed by atoms with Crippen molar-refractivity contribution in [3.05, 3.63) is 0 Å². The minimum absolute atomic E-state index is 0.410. The summed E-state index contributed by atoms with van der Waals surface area (Å²) in [6, 6.07) is 0. The van der Waals surface area contributed by atoms with Crippen LogP contribution >= 0.6 is 11.8 Å². The molecule has 0 radical (unpaired) electrons. The number of nitrogens with one attached hydrogen (secondary N) is 1. The van der Waals surface area contributed by atoms with E-state index in [1.165, 1.54) is 37.3 Å². The Morgan fingerprint density at radius 1 is 1.31 bits per heavy atom. The number of thioether (sulfide) groups is 1. The molecule has 0 amide bonds. The van der Waals surface area contributed by atoms with Crippen molar-refractivity contribution in [2.75, 3.05) is 18.1 Å². The quantitative estimate of drug-likeness (QED) is 0.746. The van der Waals surface area contributed by atoms with Gasteiger partial charge in [0.25, 0.3) is 0 Å². The van der Waals surface area contributed by atoms with Gasteiger partial charge in [-0.2, -0.15) is 11.8 Å². The lowest BCUT2D eigenvalue weighted by Crippen LogP contribution is -2.43. The van der Waals surface area contributed by atoms with Gasteiger partial charge in [0.05, 0.1) is 0 Å². The highest BCUT2D eigenvalue weighted by atomic mass is 32.2. The summed E-state index contributed by atoms with van der Waals surface area (Å²) in [5.74, 6) is 4.67. The van der Waals surface area contributed by atoms with Gasteiger partial charge < -0.3 is 5.32 Å². The molecule has 2 aliphatic rings. The summed E-state index contributed by atoms with van der Waals surface area (Å²) >= 11 is 2.12. The summed E-state index contributed by atoms with van der Waals surface area (Å²) in [6.07, 6.45) is 4.32. The zero-order valence-corrected chi connectivity index (χ0v) is 9.62. The predicted octanol–water partition coefficient (Wildman–Crippen LogP) is 2.52. The molecule has 0 aromatic rings. The van der Waals surface area contributed by atoms with Gasteiger partial charge in [-0.05, 0) is 63.0 Å². The lowest BCUT2D eigenvalue weighted by atomic mass is 9.97. The van der Waals surface area contributed by atoms with Gasteiger partial charge in [0.1, 0.15) is 0 Å². The van der Waals surface area contributed by atoms with Crippen LogP contribution in [0.15, 0.2) is 0 Å². The Labute approximate surface area is 86.0 Å². The molecule has 1 aliphatic carbocycles. The molecule has 1 unspecified atom stereocenters. The van der Waals surface area contributed by atoms with Crippen LogP contribution in [0.4, 0.5) is 0 Å². The van der Waals surface area contributed by atoms with Gasteiger partial charge in [-0.25, -0.2) is 0 Å². The zero-order chi connectivity index (χ0) is 9.31. The summed E-state index contributed by atoms with van der Waals surface area (Å²) in [5, 5.41) is 3.75. The summed E-state index contributed by atoms with van der Waals surface area (Å²) in [6.45, 7) is 5.98. The van der Waals surface area contributed by atoms with Crippen molar-refractivity contribution in [2.45, 2.75) is 38.6 Å². The van der Waals surface area contributed by atoms with Crippen LogP contribution in [0.1, 0.15) is 33.1 Å². The normalized spacial score (nSPS) is 29.5. The average Bonchev–Trinajstić information content (AvgIpc) is 2.82. The Morgan fingerprint density at radius 3 is 2.62 bits per heavy atom. The summed E-state index contributed by atoms with van der Waals surface area (Å²) in [7, 11) is 0. The third-order valence-electron chi connectivity index (χ3n) is 3.47. The molecule has 13 heavy (non-hydrogen) atoms. The Morgan fingerprint density at radius 2 is 2.08 bits per heavy atom. The second-order valence-corrected chi connectivity index (χ2v) is 6.26. The number of hydrogen-bond acceptors (Lipinski definition) is 2. The molecule has 0 aromatic heterocycles. The van der Waals surface area contributed by atoms with Crippen LogP contribution in [0, 0.1) is 11.8 Å². The molecule has 2 heteroatoms. The van der Waals surface area contributed by atoms with Crippen LogP contribution in [-0.2, 0) is 0 Å². The highest BCUT2D eigenvalue weighted by Crippen LogP contribution is 2.39. The van der Waals surface area contributed by atoms with Crippen LogP contribution in [0.25, 0.3) is 0 Å². The van der Waals surface area contributed by atoms with E-state index >= 15 is 0 Å². The first-order chi connectivity index (χ1) is 6.18. The predicted molar refractivity (Wildman–Crippen MR) is 60.2 cm³/mol. The minimum Gasteiger partial charge on any atom is -0.311 e. The summed E-state index contributed by atoms with van der Waals surface area (Å²) in [4.78, 5) is 0. The SMILES string of the molecule is CC(C)(NCC1CCSC1)C1CC1. The lowest BCUT2D eigenvalue weighted by Gasteiger charge is -2.27. The van der Waals surface area contributed by atoms with E-state index in [1.807, 2.05) is 0 Å². The maximum absolute atomic E-state index is 3.75. The second kappa shape index (κ2) is 3.82. The number of hydrogen-bond donors (Lipinski definition) is 1. The summed E-state index contributed by atoms with van der Waals surface area (Å²) < 4.78 is 0. The molecule has 1 aliphatic heterocycles. The first kappa shape index (κ1) is 9.85. The van der Waals surface area contributed by atoms with Crippen molar-refractivity contribution in [3.8, 4) is 0 Å². The van der Waals surface area contributed by atoms with Crippen LogP contribution < -0.4 is 5.32 Å². The molecule has 1 N–H and O–H groups in total. The van der Waals surface area contributed by atoms with Crippen LogP contribution in [0.5, 0.6) is 0 Å². The molecule has 0 aromatic carbocycles. The molecule has 1 saturated heterocycles. The average molecular weight is 199 g/mol. The molecule has 0 spiro atoms. The highest BCUT2D eigenvalue weighted by molar-refractivity contribution is 7.99. The molecule has 2 fully saturated rings.